The number of hydrogen-bond acceptors (Lipinski definition) is 3. The Morgan fingerprint density at radius 2 is 1.94 bits per heavy atom. The van der Waals surface area contributed by atoms with Crippen LogP contribution in [0.25, 0.3) is 5.70 Å². The van der Waals surface area contributed by atoms with Crippen molar-refractivity contribution in [1.82, 2.24) is 4.90 Å². The number of rotatable bonds is 4. The summed E-state index contributed by atoms with van der Waals surface area (Å²) in [5, 5.41) is 8.71. The molecule has 88 valence electrons. The zero-order chi connectivity index (χ0) is 12.7. The van der Waals surface area contributed by atoms with Crippen LogP contribution in [0.5, 0.6) is 0 Å². The smallest absolute Gasteiger partial charge is 0.0923 e. The molecule has 0 saturated carbocycles. The van der Waals surface area contributed by atoms with Gasteiger partial charge >= 0.3 is 0 Å². The van der Waals surface area contributed by atoms with E-state index in [1.807, 2.05) is 44.6 Å². The fraction of sp³-hybridized carbons (Fsp3) is 0.214. The van der Waals surface area contributed by atoms with E-state index >= 15 is 0 Å². The molecule has 1 rings (SSSR count). The zero-order valence-corrected chi connectivity index (χ0v) is 11.2. The van der Waals surface area contributed by atoms with Crippen molar-refractivity contribution in [1.29, 1.82) is 5.26 Å². The van der Waals surface area contributed by atoms with Gasteiger partial charge in [-0.1, -0.05) is 30.3 Å². The molecule has 0 aliphatic carbocycles. The lowest BCUT2D eigenvalue weighted by Crippen LogP contribution is -2.10. The molecule has 0 spiro atoms. The maximum Gasteiger partial charge on any atom is 0.0923 e. The molecule has 0 atom stereocenters. The van der Waals surface area contributed by atoms with Gasteiger partial charge in [-0.15, -0.1) is 11.8 Å². The second-order valence-electron chi connectivity index (χ2n) is 3.67. The van der Waals surface area contributed by atoms with Crippen LogP contribution < -0.4 is 0 Å². The number of allylic oxidation sites excluding steroid dienone is 2. The summed E-state index contributed by atoms with van der Waals surface area (Å²) in [5.41, 5.74) is 2.25. The molecule has 0 saturated heterocycles. The van der Waals surface area contributed by atoms with Gasteiger partial charge < -0.3 is 4.90 Å². The van der Waals surface area contributed by atoms with Gasteiger partial charge in [0.25, 0.3) is 0 Å². The van der Waals surface area contributed by atoms with Gasteiger partial charge in [0.05, 0.1) is 6.07 Å². The van der Waals surface area contributed by atoms with Crippen LogP contribution in [0.3, 0.4) is 0 Å². The molecule has 17 heavy (non-hydrogen) atoms. The normalized spacial score (nSPS) is 12.1. The topological polar surface area (TPSA) is 27.0 Å². The van der Waals surface area contributed by atoms with Crippen molar-refractivity contribution >= 4 is 17.5 Å². The van der Waals surface area contributed by atoms with Gasteiger partial charge in [0.15, 0.2) is 0 Å². The number of benzene rings is 1. The van der Waals surface area contributed by atoms with Crippen LogP contribution in [0.15, 0.2) is 47.4 Å². The van der Waals surface area contributed by atoms with E-state index in [9.17, 15) is 0 Å². The predicted molar refractivity (Wildman–Crippen MR) is 75.3 cm³/mol. The van der Waals surface area contributed by atoms with Crippen molar-refractivity contribution in [3.05, 3.63) is 53.0 Å². The summed E-state index contributed by atoms with van der Waals surface area (Å²) >= 11 is 1.57. The van der Waals surface area contributed by atoms with Crippen molar-refractivity contribution in [2.75, 3.05) is 20.4 Å². The van der Waals surface area contributed by atoms with Gasteiger partial charge in [0.2, 0.25) is 0 Å². The van der Waals surface area contributed by atoms with Gasteiger partial charge in [-0.3, -0.25) is 0 Å². The number of hydrogen-bond donors (Lipinski definition) is 0. The van der Waals surface area contributed by atoms with Crippen molar-refractivity contribution < 1.29 is 0 Å². The molecule has 0 bridgehead atoms. The fourth-order valence-electron chi connectivity index (χ4n) is 1.44. The molecule has 0 unspecified atom stereocenters. The quantitative estimate of drug-likeness (QED) is 0.600. The van der Waals surface area contributed by atoms with Crippen LogP contribution in [0.4, 0.5) is 0 Å². The third kappa shape index (κ3) is 4.01. The van der Waals surface area contributed by atoms with Gasteiger partial charge in [-0.25, -0.2) is 0 Å². The summed E-state index contributed by atoms with van der Waals surface area (Å²) in [7, 11) is 4.01. The summed E-state index contributed by atoms with van der Waals surface area (Å²) in [6.45, 7) is 0. The molecular formula is C14H16N2S. The molecule has 0 heterocycles. The Balaban J connectivity index is 3.15. The molecular weight excluding hydrogens is 228 g/mol. The average molecular weight is 244 g/mol. The Kier molecular flexibility index (Phi) is 5.38. The van der Waals surface area contributed by atoms with Gasteiger partial charge in [-0.05, 0) is 17.9 Å². The van der Waals surface area contributed by atoms with E-state index < -0.39 is 0 Å². The van der Waals surface area contributed by atoms with Gasteiger partial charge in [0.1, 0.15) is 0 Å². The molecule has 0 aromatic heterocycles. The maximum absolute atomic E-state index is 8.71. The lowest BCUT2D eigenvalue weighted by molar-refractivity contribution is 0.592. The van der Waals surface area contributed by atoms with Crippen molar-refractivity contribution in [2.24, 2.45) is 0 Å². The Morgan fingerprint density at radius 3 is 2.41 bits per heavy atom. The fourth-order valence-corrected chi connectivity index (χ4v) is 1.84. The van der Waals surface area contributed by atoms with Crippen molar-refractivity contribution in [3.8, 4) is 6.07 Å². The Hall–Kier alpha value is -1.66. The average Bonchev–Trinajstić information content (AvgIpc) is 2.35. The molecule has 0 radical (unpaired) electrons. The maximum atomic E-state index is 8.71. The minimum Gasteiger partial charge on any atom is -0.377 e. The molecule has 0 aliphatic heterocycles. The van der Waals surface area contributed by atoms with E-state index in [1.165, 1.54) is 0 Å². The van der Waals surface area contributed by atoms with E-state index in [2.05, 4.69) is 23.1 Å². The van der Waals surface area contributed by atoms with Gasteiger partial charge in [-0.2, -0.15) is 5.26 Å². The van der Waals surface area contributed by atoms with Crippen LogP contribution in [0.1, 0.15) is 5.56 Å². The summed E-state index contributed by atoms with van der Waals surface area (Å²) in [5.74, 6) is 0. The molecule has 0 amide bonds. The highest BCUT2D eigenvalue weighted by atomic mass is 32.2. The van der Waals surface area contributed by atoms with E-state index in [4.69, 9.17) is 5.26 Å². The minimum absolute atomic E-state index is 0.958. The Labute approximate surface area is 107 Å². The first kappa shape index (κ1) is 13.4. The monoisotopic (exact) mass is 244 g/mol. The highest BCUT2D eigenvalue weighted by molar-refractivity contribution is 8.02. The Bertz CT molecular complexity index is 453. The molecule has 0 fully saturated rings. The van der Waals surface area contributed by atoms with E-state index in [0.717, 1.165) is 16.2 Å². The van der Waals surface area contributed by atoms with Crippen LogP contribution in [0.2, 0.25) is 0 Å². The first-order chi connectivity index (χ1) is 8.19. The lowest BCUT2D eigenvalue weighted by atomic mass is 10.1. The number of nitriles is 1. The van der Waals surface area contributed by atoms with Crippen LogP contribution >= 0.6 is 11.8 Å². The largest absolute Gasteiger partial charge is 0.377 e. The number of nitrogens with zero attached hydrogens (tertiary/aromatic N) is 2. The SMILES string of the molecule is CSC(=C/C#N)/C=C(\c1ccccc1)N(C)C. The number of thioether (sulfide) groups is 1. The third-order valence-corrected chi connectivity index (χ3v) is 2.98. The second kappa shape index (κ2) is 6.82. The highest BCUT2D eigenvalue weighted by Gasteiger charge is 2.04. The summed E-state index contributed by atoms with van der Waals surface area (Å²) in [6.07, 6.45) is 5.57. The van der Waals surface area contributed by atoms with Crippen LogP contribution in [-0.4, -0.2) is 25.3 Å². The minimum atomic E-state index is 0.958. The van der Waals surface area contributed by atoms with Crippen molar-refractivity contribution in [3.63, 3.8) is 0 Å². The third-order valence-electron chi connectivity index (χ3n) is 2.27. The zero-order valence-electron chi connectivity index (χ0n) is 10.3. The van der Waals surface area contributed by atoms with Crippen LogP contribution in [-0.2, 0) is 0 Å². The second-order valence-corrected chi connectivity index (χ2v) is 4.55. The molecule has 1 aromatic rings. The van der Waals surface area contributed by atoms with Gasteiger partial charge in [0, 0.05) is 30.8 Å². The standard InChI is InChI=1S/C14H16N2S/c1-16(2)14(11-13(17-3)9-10-15)12-7-5-4-6-8-12/h4-9,11H,1-3H3/b13-9+,14-11+. The van der Waals surface area contributed by atoms with Crippen molar-refractivity contribution in [2.45, 2.75) is 0 Å². The first-order valence-electron chi connectivity index (χ1n) is 5.27. The molecule has 2 nitrogen and oxygen atoms in total. The lowest BCUT2D eigenvalue weighted by Gasteiger charge is -2.18. The summed E-state index contributed by atoms with van der Waals surface area (Å²) in [4.78, 5) is 3.01. The van der Waals surface area contributed by atoms with E-state index in [1.54, 1.807) is 17.8 Å². The molecule has 0 N–H and O–H groups in total. The summed E-state index contributed by atoms with van der Waals surface area (Å²) < 4.78 is 0. The van der Waals surface area contributed by atoms with Crippen LogP contribution in [0, 0.1) is 11.3 Å². The summed E-state index contributed by atoms with van der Waals surface area (Å²) in [6, 6.07) is 12.2. The van der Waals surface area contributed by atoms with E-state index in [-0.39, 0.29) is 0 Å². The molecule has 1 aromatic carbocycles. The first-order valence-corrected chi connectivity index (χ1v) is 6.49. The Morgan fingerprint density at radius 1 is 1.29 bits per heavy atom. The predicted octanol–water partition coefficient (Wildman–Crippen LogP) is 3.36. The molecule has 0 aliphatic rings. The van der Waals surface area contributed by atoms with E-state index in [0.29, 0.717) is 0 Å². The molecule has 3 heteroatoms. The highest BCUT2D eigenvalue weighted by Crippen LogP contribution is 2.22.